The van der Waals surface area contributed by atoms with E-state index in [4.69, 9.17) is 8.83 Å². The molecule has 0 bridgehead atoms. The number of aromatic nitrogens is 4. The Bertz CT molecular complexity index is 772. The smallest absolute Gasteiger partial charge is 0.277 e. The average molecular weight is 348 g/mol. The molecular formula is C15H16N4O2S2. The summed E-state index contributed by atoms with van der Waals surface area (Å²) in [6, 6.07) is 8.17. The highest BCUT2D eigenvalue weighted by molar-refractivity contribution is 7.98. The van der Waals surface area contributed by atoms with E-state index in [1.54, 1.807) is 11.8 Å². The van der Waals surface area contributed by atoms with Gasteiger partial charge in [-0.15, -0.1) is 20.4 Å². The maximum Gasteiger partial charge on any atom is 0.277 e. The van der Waals surface area contributed by atoms with Crippen LogP contribution in [0.2, 0.25) is 0 Å². The molecule has 0 aliphatic heterocycles. The van der Waals surface area contributed by atoms with Crippen LogP contribution in [-0.4, -0.2) is 26.7 Å². The van der Waals surface area contributed by atoms with Gasteiger partial charge in [-0.05, 0) is 24.3 Å². The Morgan fingerprint density at radius 1 is 0.913 bits per heavy atom. The van der Waals surface area contributed by atoms with Crippen molar-refractivity contribution in [2.75, 3.05) is 6.26 Å². The Hall–Kier alpha value is -1.80. The summed E-state index contributed by atoms with van der Waals surface area (Å²) in [5.74, 6) is 3.04. The summed E-state index contributed by atoms with van der Waals surface area (Å²) in [6.45, 7) is 2.07. The van der Waals surface area contributed by atoms with E-state index in [9.17, 15) is 0 Å². The van der Waals surface area contributed by atoms with Crippen LogP contribution in [0, 0.1) is 6.92 Å². The van der Waals surface area contributed by atoms with Crippen molar-refractivity contribution in [3.8, 4) is 0 Å². The van der Waals surface area contributed by atoms with E-state index in [-0.39, 0.29) is 0 Å². The predicted octanol–water partition coefficient (Wildman–Crippen LogP) is 3.51. The number of rotatable bonds is 7. The molecule has 8 heteroatoms. The molecule has 3 rings (SSSR count). The zero-order valence-corrected chi connectivity index (χ0v) is 14.5. The highest BCUT2D eigenvalue weighted by Crippen LogP contribution is 2.22. The zero-order chi connectivity index (χ0) is 16.1. The Morgan fingerprint density at radius 2 is 1.65 bits per heavy atom. The Morgan fingerprint density at radius 3 is 2.48 bits per heavy atom. The van der Waals surface area contributed by atoms with Crippen molar-refractivity contribution in [1.29, 1.82) is 0 Å². The largest absolute Gasteiger partial charge is 0.424 e. The first-order valence-electron chi connectivity index (χ1n) is 7.04. The van der Waals surface area contributed by atoms with Gasteiger partial charge in [0.1, 0.15) is 0 Å². The fraction of sp³-hybridized carbons (Fsp3) is 0.333. The molecule has 0 aliphatic carbocycles. The van der Waals surface area contributed by atoms with Crippen molar-refractivity contribution in [3.63, 3.8) is 0 Å². The van der Waals surface area contributed by atoms with Crippen LogP contribution in [0.15, 0.2) is 38.3 Å². The van der Waals surface area contributed by atoms with Crippen LogP contribution >= 0.6 is 23.5 Å². The minimum Gasteiger partial charge on any atom is -0.424 e. The molecule has 2 aromatic heterocycles. The van der Waals surface area contributed by atoms with E-state index in [0.29, 0.717) is 40.8 Å². The highest BCUT2D eigenvalue weighted by Gasteiger charge is 2.11. The summed E-state index contributed by atoms with van der Waals surface area (Å²) in [6.07, 6.45) is 2.63. The maximum atomic E-state index is 5.68. The van der Waals surface area contributed by atoms with Crippen molar-refractivity contribution in [3.05, 3.63) is 53.1 Å². The van der Waals surface area contributed by atoms with Crippen LogP contribution in [0.25, 0.3) is 0 Å². The molecule has 3 aromatic rings. The van der Waals surface area contributed by atoms with Gasteiger partial charge in [-0.25, -0.2) is 0 Å². The molecule has 0 saturated carbocycles. The number of aryl methyl sites for hydroxylation is 1. The second-order valence-corrected chi connectivity index (χ2v) is 6.67. The second-order valence-electron chi connectivity index (χ2n) is 4.88. The van der Waals surface area contributed by atoms with Crippen LogP contribution in [-0.2, 0) is 17.9 Å². The van der Waals surface area contributed by atoms with E-state index in [1.165, 1.54) is 22.9 Å². The maximum absolute atomic E-state index is 5.68. The SMILES string of the molecule is CSCc1nnc(SCc2nnc(Cc3ccccc3C)o2)o1. The van der Waals surface area contributed by atoms with E-state index in [2.05, 4.69) is 39.5 Å². The standard InChI is InChI=1S/C15H16N4O2S2/c1-10-5-3-4-6-11(10)7-12-16-17-14(20-12)9-23-15-19-18-13(21-15)8-22-2/h3-6H,7-9H2,1-2H3. The van der Waals surface area contributed by atoms with Gasteiger partial charge < -0.3 is 8.83 Å². The van der Waals surface area contributed by atoms with Gasteiger partial charge in [-0.2, -0.15) is 11.8 Å². The summed E-state index contributed by atoms with van der Waals surface area (Å²) in [7, 11) is 0. The van der Waals surface area contributed by atoms with Crippen molar-refractivity contribution >= 4 is 23.5 Å². The third kappa shape index (κ3) is 4.35. The fourth-order valence-corrected chi connectivity index (χ4v) is 2.97. The quantitative estimate of drug-likeness (QED) is 0.600. The van der Waals surface area contributed by atoms with E-state index in [1.807, 2.05) is 18.4 Å². The van der Waals surface area contributed by atoms with Gasteiger partial charge in [-0.1, -0.05) is 36.0 Å². The van der Waals surface area contributed by atoms with Crippen LogP contribution in [0.1, 0.15) is 28.8 Å². The molecule has 23 heavy (non-hydrogen) atoms. The Labute approximate surface area is 142 Å². The van der Waals surface area contributed by atoms with Gasteiger partial charge in [-0.3, -0.25) is 0 Å². The lowest BCUT2D eigenvalue weighted by Crippen LogP contribution is -1.91. The van der Waals surface area contributed by atoms with Gasteiger partial charge in [0.15, 0.2) is 0 Å². The monoisotopic (exact) mass is 348 g/mol. The summed E-state index contributed by atoms with van der Waals surface area (Å²) < 4.78 is 11.2. The van der Waals surface area contributed by atoms with Gasteiger partial charge in [0.05, 0.1) is 17.9 Å². The van der Waals surface area contributed by atoms with Crippen LogP contribution in [0.4, 0.5) is 0 Å². The number of thioether (sulfide) groups is 2. The average Bonchev–Trinajstić information content (AvgIpc) is 3.17. The highest BCUT2D eigenvalue weighted by atomic mass is 32.2. The lowest BCUT2D eigenvalue weighted by atomic mass is 10.1. The molecule has 0 atom stereocenters. The minimum atomic E-state index is 0.516. The molecule has 1 aromatic carbocycles. The predicted molar refractivity (Wildman–Crippen MR) is 89.4 cm³/mol. The summed E-state index contributed by atoms with van der Waals surface area (Å²) >= 11 is 3.04. The lowest BCUT2D eigenvalue weighted by Gasteiger charge is -2.00. The van der Waals surface area contributed by atoms with Crippen LogP contribution in [0.5, 0.6) is 0 Å². The molecule has 2 heterocycles. The van der Waals surface area contributed by atoms with Crippen molar-refractivity contribution in [2.45, 2.75) is 30.1 Å². The van der Waals surface area contributed by atoms with Crippen molar-refractivity contribution in [2.24, 2.45) is 0 Å². The number of hydrogen-bond donors (Lipinski definition) is 0. The molecular weight excluding hydrogens is 332 g/mol. The van der Waals surface area contributed by atoms with Crippen LogP contribution in [0.3, 0.4) is 0 Å². The first kappa shape index (κ1) is 16.1. The number of hydrogen-bond acceptors (Lipinski definition) is 8. The zero-order valence-electron chi connectivity index (χ0n) is 12.9. The molecule has 0 amide bonds. The van der Waals surface area contributed by atoms with Gasteiger partial charge in [0.25, 0.3) is 5.22 Å². The van der Waals surface area contributed by atoms with Gasteiger partial charge in [0, 0.05) is 0 Å². The summed E-state index contributed by atoms with van der Waals surface area (Å²) in [4.78, 5) is 0. The summed E-state index contributed by atoms with van der Waals surface area (Å²) in [5.41, 5.74) is 2.41. The normalized spacial score (nSPS) is 11.0. The molecule has 0 radical (unpaired) electrons. The number of benzene rings is 1. The molecule has 120 valence electrons. The van der Waals surface area contributed by atoms with E-state index in [0.717, 1.165) is 0 Å². The molecule has 6 nitrogen and oxygen atoms in total. The van der Waals surface area contributed by atoms with Crippen molar-refractivity contribution in [1.82, 2.24) is 20.4 Å². The topological polar surface area (TPSA) is 77.8 Å². The molecule has 0 aliphatic rings. The third-order valence-corrected chi connectivity index (χ3v) is 4.49. The summed E-state index contributed by atoms with van der Waals surface area (Å²) in [5, 5.41) is 16.6. The first-order chi connectivity index (χ1) is 11.2. The van der Waals surface area contributed by atoms with Crippen molar-refractivity contribution < 1.29 is 8.83 Å². The van der Waals surface area contributed by atoms with E-state index >= 15 is 0 Å². The third-order valence-electron chi connectivity index (χ3n) is 3.15. The van der Waals surface area contributed by atoms with E-state index < -0.39 is 0 Å². The molecule has 0 saturated heterocycles. The Kier molecular flexibility index (Phi) is 5.35. The Balaban J connectivity index is 1.57. The van der Waals surface area contributed by atoms with Gasteiger partial charge in [0.2, 0.25) is 17.7 Å². The molecule has 0 spiro atoms. The van der Waals surface area contributed by atoms with Gasteiger partial charge >= 0.3 is 0 Å². The fourth-order valence-electron chi connectivity index (χ4n) is 1.99. The number of nitrogens with zero attached hydrogens (tertiary/aromatic N) is 4. The molecule has 0 N–H and O–H groups in total. The molecule has 0 unspecified atom stereocenters. The van der Waals surface area contributed by atoms with Crippen LogP contribution < -0.4 is 0 Å². The second kappa shape index (κ2) is 7.65. The lowest BCUT2D eigenvalue weighted by molar-refractivity contribution is 0.425. The molecule has 0 fully saturated rings. The minimum absolute atomic E-state index is 0.516. The first-order valence-corrected chi connectivity index (χ1v) is 9.42.